The van der Waals surface area contributed by atoms with Crippen LogP contribution >= 0.6 is 11.8 Å². The van der Waals surface area contributed by atoms with Gasteiger partial charge < -0.3 is 5.32 Å². The summed E-state index contributed by atoms with van der Waals surface area (Å²) in [4.78, 5) is 11.8. The maximum absolute atomic E-state index is 12.7. The van der Waals surface area contributed by atoms with Crippen LogP contribution in [-0.2, 0) is 0 Å². The summed E-state index contributed by atoms with van der Waals surface area (Å²) in [6, 6.07) is 5.93. The normalized spacial score (nSPS) is 17.1. The zero-order valence-electron chi connectivity index (χ0n) is 8.91. The minimum absolute atomic E-state index is 0.100. The van der Waals surface area contributed by atoms with Crippen molar-refractivity contribution in [1.82, 2.24) is 5.32 Å². The molecule has 2 rings (SSSR count). The second-order valence-electron chi connectivity index (χ2n) is 3.87. The van der Waals surface area contributed by atoms with Gasteiger partial charge in [-0.2, -0.15) is 11.8 Å². The van der Waals surface area contributed by atoms with Gasteiger partial charge in [-0.15, -0.1) is 0 Å². The smallest absolute Gasteiger partial charge is 0.251 e. The lowest BCUT2D eigenvalue weighted by Crippen LogP contribution is -2.37. The van der Waals surface area contributed by atoms with Gasteiger partial charge in [0.05, 0.1) is 0 Å². The van der Waals surface area contributed by atoms with E-state index in [1.54, 1.807) is 0 Å². The number of thioether (sulfide) groups is 1. The Balaban J connectivity index is 1.94. The Labute approximate surface area is 98.6 Å². The van der Waals surface area contributed by atoms with Gasteiger partial charge >= 0.3 is 0 Å². The van der Waals surface area contributed by atoms with Crippen molar-refractivity contribution in [3.05, 3.63) is 35.6 Å². The van der Waals surface area contributed by atoms with Crippen LogP contribution < -0.4 is 5.32 Å². The number of hydrogen-bond acceptors (Lipinski definition) is 2. The third-order valence-corrected chi connectivity index (χ3v) is 3.71. The van der Waals surface area contributed by atoms with Crippen molar-refractivity contribution < 1.29 is 9.18 Å². The van der Waals surface area contributed by atoms with Gasteiger partial charge in [0.25, 0.3) is 5.91 Å². The van der Waals surface area contributed by atoms with Crippen LogP contribution in [0.3, 0.4) is 0 Å². The van der Waals surface area contributed by atoms with Crippen molar-refractivity contribution in [2.24, 2.45) is 0 Å². The molecule has 86 valence electrons. The Morgan fingerprint density at radius 3 is 2.50 bits per heavy atom. The Bertz CT molecular complexity index is 360. The molecule has 1 aromatic rings. The summed E-state index contributed by atoms with van der Waals surface area (Å²) < 4.78 is 12.7. The first-order valence-corrected chi connectivity index (χ1v) is 6.55. The molecule has 16 heavy (non-hydrogen) atoms. The molecular formula is C12H14FNOS. The van der Waals surface area contributed by atoms with E-state index in [0.29, 0.717) is 5.56 Å². The fourth-order valence-electron chi connectivity index (χ4n) is 1.71. The summed E-state index contributed by atoms with van der Waals surface area (Å²) >= 11 is 1.92. The Morgan fingerprint density at radius 2 is 1.88 bits per heavy atom. The minimum Gasteiger partial charge on any atom is -0.349 e. The van der Waals surface area contributed by atoms with Gasteiger partial charge in [-0.1, -0.05) is 0 Å². The Morgan fingerprint density at radius 1 is 1.25 bits per heavy atom. The monoisotopic (exact) mass is 239 g/mol. The first kappa shape index (κ1) is 11.5. The number of benzene rings is 1. The highest BCUT2D eigenvalue weighted by atomic mass is 32.2. The van der Waals surface area contributed by atoms with Crippen LogP contribution in [0.15, 0.2) is 24.3 Å². The van der Waals surface area contributed by atoms with Gasteiger partial charge in [0.2, 0.25) is 0 Å². The molecule has 0 aromatic heterocycles. The molecule has 4 heteroatoms. The maximum atomic E-state index is 12.7. The molecule has 2 nitrogen and oxygen atoms in total. The SMILES string of the molecule is O=C(NC1CCSCC1)c1ccc(F)cc1. The van der Waals surface area contributed by atoms with Crippen molar-refractivity contribution in [1.29, 1.82) is 0 Å². The topological polar surface area (TPSA) is 29.1 Å². The summed E-state index contributed by atoms with van der Waals surface area (Å²) in [7, 11) is 0. The van der Waals surface area contributed by atoms with Crippen LogP contribution in [0, 0.1) is 5.82 Å². The lowest BCUT2D eigenvalue weighted by Gasteiger charge is -2.22. The molecule has 1 saturated heterocycles. The number of nitrogens with one attached hydrogen (secondary N) is 1. The Kier molecular flexibility index (Phi) is 3.83. The molecule has 0 unspecified atom stereocenters. The average molecular weight is 239 g/mol. The highest BCUT2D eigenvalue weighted by Crippen LogP contribution is 2.17. The third kappa shape index (κ3) is 2.98. The van der Waals surface area contributed by atoms with Gasteiger partial charge in [-0.25, -0.2) is 4.39 Å². The van der Waals surface area contributed by atoms with Crippen molar-refractivity contribution >= 4 is 17.7 Å². The number of rotatable bonds is 2. The van der Waals surface area contributed by atoms with Crippen LogP contribution in [0.5, 0.6) is 0 Å². The number of halogens is 1. The van der Waals surface area contributed by atoms with E-state index < -0.39 is 0 Å². The molecule has 0 aliphatic carbocycles. The molecular weight excluding hydrogens is 225 g/mol. The van der Waals surface area contributed by atoms with E-state index in [4.69, 9.17) is 0 Å². The van der Waals surface area contributed by atoms with Gasteiger partial charge in [0.1, 0.15) is 5.82 Å². The lowest BCUT2D eigenvalue weighted by atomic mass is 10.1. The van der Waals surface area contributed by atoms with Crippen LogP contribution in [0.1, 0.15) is 23.2 Å². The second-order valence-corrected chi connectivity index (χ2v) is 5.09. The molecule has 1 aliphatic rings. The third-order valence-electron chi connectivity index (χ3n) is 2.66. The van der Waals surface area contributed by atoms with E-state index in [0.717, 1.165) is 24.3 Å². The van der Waals surface area contributed by atoms with Crippen molar-refractivity contribution in [2.45, 2.75) is 18.9 Å². The van der Waals surface area contributed by atoms with Gasteiger partial charge in [0, 0.05) is 11.6 Å². The lowest BCUT2D eigenvalue weighted by molar-refractivity contribution is 0.0935. The van der Waals surface area contributed by atoms with Crippen molar-refractivity contribution in [2.75, 3.05) is 11.5 Å². The molecule has 1 fully saturated rings. The summed E-state index contributed by atoms with van der Waals surface area (Å²) in [6.07, 6.45) is 2.05. The first-order chi connectivity index (χ1) is 7.75. The van der Waals surface area contributed by atoms with E-state index in [-0.39, 0.29) is 17.8 Å². The van der Waals surface area contributed by atoms with E-state index >= 15 is 0 Å². The molecule has 0 saturated carbocycles. The van der Waals surface area contributed by atoms with E-state index in [2.05, 4.69) is 5.32 Å². The van der Waals surface area contributed by atoms with E-state index in [1.807, 2.05) is 11.8 Å². The molecule has 1 amide bonds. The van der Waals surface area contributed by atoms with Gasteiger partial charge in [0.15, 0.2) is 0 Å². The summed E-state index contributed by atoms with van der Waals surface area (Å²) in [5.41, 5.74) is 0.527. The number of carbonyl (C=O) groups excluding carboxylic acids is 1. The van der Waals surface area contributed by atoms with Crippen LogP contribution in [0.2, 0.25) is 0 Å². The second kappa shape index (κ2) is 5.34. The van der Waals surface area contributed by atoms with Crippen LogP contribution in [0.25, 0.3) is 0 Å². The van der Waals surface area contributed by atoms with Gasteiger partial charge in [-0.05, 0) is 48.6 Å². The summed E-state index contributed by atoms with van der Waals surface area (Å²) in [5, 5.41) is 2.98. The van der Waals surface area contributed by atoms with Crippen molar-refractivity contribution in [3.8, 4) is 0 Å². The summed E-state index contributed by atoms with van der Waals surface area (Å²) in [6.45, 7) is 0. The zero-order valence-corrected chi connectivity index (χ0v) is 9.73. The van der Waals surface area contributed by atoms with E-state index in [1.165, 1.54) is 24.3 Å². The first-order valence-electron chi connectivity index (χ1n) is 5.40. The number of carbonyl (C=O) groups is 1. The molecule has 0 atom stereocenters. The number of hydrogen-bond donors (Lipinski definition) is 1. The quantitative estimate of drug-likeness (QED) is 0.859. The van der Waals surface area contributed by atoms with E-state index in [9.17, 15) is 9.18 Å². The van der Waals surface area contributed by atoms with Crippen molar-refractivity contribution in [3.63, 3.8) is 0 Å². The van der Waals surface area contributed by atoms with Crippen LogP contribution in [-0.4, -0.2) is 23.5 Å². The predicted molar refractivity (Wildman–Crippen MR) is 64.2 cm³/mol. The highest BCUT2D eigenvalue weighted by Gasteiger charge is 2.16. The molecule has 1 aromatic carbocycles. The minimum atomic E-state index is -0.314. The predicted octanol–water partition coefficient (Wildman–Crippen LogP) is 2.45. The Hall–Kier alpha value is -1.03. The largest absolute Gasteiger partial charge is 0.349 e. The molecule has 1 heterocycles. The fraction of sp³-hybridized carbons (Fsp3) is 0.417. The zero-order chi connectivity index (χ0) is 11.4. The van der Waals surface area contributed by atoms with Crippen LogP contribution in [0.4, 0.5) is 4.39 Å². The molecule has 0 spiro atoms. The highest BCUT2D eigenvalue weighted by molar-refractivity contribution is 7.99. The average Bonchev–Trinajstić information content (AvgIpc) is 2.31. The maximum Gasteiger partial charge on any atom is 0.251 e. The molecule has 1 N–H and O–H groups in total. The molecule has 1 aliphatic heterocycles. The van der Waals surface area contributed by atoms with Gasteiger partial charge in [-0.3, -0.25) is 4.79 Å². The molecule has 0 radical (unpaired) electrons. The molecule has 0 bridgehead atoms. The standard InChI is InChI=1S/C12H14FNOS/c13-10-3-1-9(2-4-10)12(15)14-11-5-7-16-8-6-11/h1-4,11H,5-8H2,(H,14,15). The number of amides is 1. The summed E-state index contributed by atoms with van der Waals surface area (Å²) in [5.74, 6) is 1.80. The fourth-order valence-corrected chi connectivity index (χ4v) is 2.82.